The molecule has 0 saturated carbocycles. The van der Waals surface area contributed by atoms with E-state index in [1.54, 1.807) is 37.6 Å². The van der Waals surface area contributed by atoms with E-state index in [1.807, 2.05) is 36.4 Å². The summed E-state index contributed by atoms with van der Waals surface area (Å²) in [7, 11) is 1.63. The number of amides is 2. The van der Waals surface area contributed by atoms with Crippen LogP contribution in [0.4, 0.5) is 0 Å². The van der Waals surface area contributed by atoms with Crippen molar-refractivity contribution >= 4 is 28.8 Å². The first-order valence-electron chi connectivity index (χ1n) is 8.73. The zero-order valence-corrected chi connectivity index (χ0v) is 14.9. The summed E-state index contributed by atoms with van der Waals surface area (Å²) in [5, 5.41) is 1.02. The van der Waals surface area contributed by atoms with Crippen molar-refractivity contribution in [2.75, 3.05) is 13.7 Å². The van der Waals surface area contributed by atoms with E-state index in [1.165, 1.54) is 4.90 Å². The molecule has 27 heavy (non-hydrogen) atoms. The number of fused-ring (bicyclic) bond motifs is 2. The molecule has 5 heteroatoms. The van der Waals surface area contributed by atoms with Crippen LogP contribution in [0.15, 0.2) is 60.8 Å². The van der Waals surface area contributed by atoms with Crippen molar-refractivity contribution in [2.45, 2.75) is 6.42 Å². The molecule has 2 amide bonds. The van der Waals surface area contributed by atoms with E-state index in [-0.39, 0.29) is 11.8 Å². The number of imide groups is 1. The van der Waals surface area contributed by atoms with E-state index < -0.39 is 0 Å². The third-order valence-corrected chi connectivity index (χ3v) is 4.68. The predicted molar refractivity (Wildman–Crippen MR) is 104 cm³/mol. The molecule has 134 valence electrons. The maximum absolute atomic E-state index is 12.4. The lowest BCUT2D eigenvalue weighted by Crippen LogP contribution is -2.30. The summed E-state index contributed by atoms with van der Waals surface area (Å²) in [5.41, 5.74) is 2.86. The monoisotopic (exact) mass is 358 g/mol. The standard InChI is InChI=1S/C22H18N2O3/c1-27-16-9-10-17-15(11-12-23-20(17)14-16)6-4-5-13-24-21(25)18-7-2-3-8-19(18)22(24)26/h2-4,6-12,14H,5,13H2,1H3/b6-4-. The van der Waals surface area contributed by atoms with E-state index in [4.69, 9.17) is 4.74 Å². The minimum absolute atomic E-state index is 0.217. The maximum Gasteiger partial charge on any atom is 0.261 e. The normalized spacial score (nSPS) is 13.6. The van der Waals surface area contributed by atoms with Gasteiger partial charge in [-0.1, -0.05) is 24.3 Å². The third-order valence-electron chi connectivity index (χ3n) is 4.68. The van der Waals surface area contributed by atoms with Crippen molar-refractivity contribution in [3.63, 3.8) is 0 Å². The van der Waals surface area contributed by atoms with Gasteiger partial charge in [0.2, 0.25) is 0 Å². The molecule has 0 atom stereocenters. The molecule has 0 aliphatic carbocycles. The summed E-state index contributed by atoms with van der Waals surface area (Å²) in [6, 6.07) is 14.7. The molecular weight excluding hydrogens is 340 g/mol. The molecule has 2 aromatic carbocycles. The van der Waals surface area contributed by atoms with Crippen LogP contribution >= 0.6 is 0 Å². The fourth-order valence-electron chi connectivity index (χ4n) is 3.28. The van der Waals surface area contributed by atoms with Gasteiger partial charge in [0.15, 0.2) is 0 Å². The van der Waals surface area contributed by atoms with Gasteiger partial charge in [0.25, 0.3) is 11.8 Å². The molecule has 0 radical (unpaired) electrons. The van der Waals surface area contributed by atoms with Crippen LogP contribution in [0.3, 0.4) is 0 Å². The summed E-state index contributed by atoms with van der Waals surface area (Å²) in [4.78, 5) is 30.4. The second kappa shape index (κ2) is 7.03. The lowest BCUT2D eigenvalue weighted by Gasteiger charge is -2.11. The van der Waals surface area contributed by atoms with Crippen LogP contribution in [0.1, 0.15) is 32.7 Å². The largest absolute Gasteiger partial charge is 0.497 e. The van der Waals surface area contributed by atoms with Gasteiger partial charge >= 0.3 is 0 Å². The fourth-order valence-corrected chi connectivity index (χ4v) is 3.28. The van der Waals surface area contributed by atoms with Crippen LogP contribution in [0.25, 0.3) is 17.0 Å². The van der Waals surface area contributed by atoms with Gasteiger partial charge in [-0.05, 0) is 42.3 Å². The molecular formula is C22H18N2O3. The highest BCUT2D eigenvalue weighted by Gasteiger charge is 2.34. The van der Waals surface area contributed by atoms with Crippen molar-refractivity contribution in [3.8, 4) is 5.75 Å². The fraction of sp³-hybridized carbons (Fsp3) is 0.136. The highest BCUT2D eigenvalue weighted by molar-refractivity contribution is 6.21. The molecule has 2 heterocycles. The van der Waals surface area contributed by atoms with Gasteiger partial charge in [-0.3, -0.25) is 19.5 Å². The molecule has 1 aliphatic rings. The highest BCUT2D eigenvalue weighted by atomic mass is 16.5. The molecule has 1 aliphatic heterocycles. The minimum Gasteiger partial charge on any atom is -0.497 e. The van der Waals surface area contributed by atoms with Crippen LogP contribution in [0.5, 0.6) is 5.75 Å². The van der Waals surface area contributed by atoms with E-state index >= 15 is 0 Å². The number of nitrogens with zero attached hydrogens (tertiary/aromatic N) is 2. The third kappa shape index (κ3) is 3.08. The summed E-state index contributed by atoms with van der Waals surface area (Å²) in [5.74, 6) is 0.331. The zero-order chi connectivity index (χ0) is 18.8. The second-order valence-corrected chi connectivity index (χ2v) is 6.28. The maximum atomic E-state index is 12.4. The van der Waals surface area contributed by atoms with Crippen LogP contribution in [0, 0.1) is 0 Å². The number of carbonyl (C=O) groups is 2. The molecule has 5 nitrogen and oxygen atoms in total. The SMILES string of the molecule is COc1ccc2c(/C=C\CCN3C(=O)c4ccccc4C3=O)ccnc2c1. The van der Waals surface area contributed by atoms with E-state index in [2.05, 4.69) is 4.98 Å². The Labute approximate surface area is 156 Å². The van der Waals surface area contributed by atoms with Crippen LogP contribution in [0.2, 0.25) is 0 Å². The Morgan fingerprint density at radius 3 is 2.48 bits per heavy atom. The lowest BCUT2D eigenvalue weighted by molar-refractivity contribution is 0.0657. The number of pyridine rings is 1. The van der Waals surface area contributed by atoms with Gasteiger partial charge in [0.05, 0.1) is 23.8 Å². The Bertz CT molecular complexity index is 1040. The Hall–Kier alpha value is -3.47. The molecule has 4 rings (SSSR count). The average Bonchev–Trinajstić information content (AvgIpc) is 2.95. The first kappa shape index (κ1) is 17.0. The average molecular weight is 358 g/mol. The molecule has 1 aromatic heterocycles. The van der Waals surface area contributed by atoms with Gasteiger partial charge in [-0.15, -0.1) is 0 Å². The predicted octanol–water partition coefficient (Wildman–Crippen LogP) is 3.94. The summed E-state index contributed by atoms with van der Waals surface area (Å²) in [6.07, 6.45) is 6.31. The molecule has 0 saturated heterocycles. The lowest BCUT2D eigenvalue weighted by atomic mass is 10.1. The van der Waals surface area contributed by atoms with Crippen molar-refractivity contribution < 1.29 is 14.3 Å². The van der Waals surface area contributed by atoms with Crippen molar-refractivity contribution in [1.82, 2.24) is 9.88 Å². The van der Waals surface area contributed by atoms with Crippen LogP contribution < -0.4 is 4.74 Å². The number of carbonyl (C=O) groups excluding carboxylic acids is 2. The van der Waals surface area contributed by atoms with Crippen molar-refractivity contribution in [2.24, 2.45) is 0 Å². The van der Waals surface area contributed by atoms with E-state index in [9.17, 15) is 9.59 Å². The Morgan fingerprint density at radius 1 is 1.04 bits per heavy atom. The summed E-state index contributed by atoms with van der Waals surface area (Å²) >= 11 is 0. The van der Waals surface area contributed by atoms with E-state index in [0.29, 0.717) is 24.1 Å². The number of methoxy groups -OCH3 is 1. The van der Waals surface area contributed by atoms with Crippen molar-refractivity contribution in [1.29, 1.82) is 0 Å². The molecule has 0 N–H and O–H groups in total. The molecule has 3 aromatic rings. The quantitative estimate of drug-likeness (QED) is 0.648. The Morgan fingerprint density at radius 2 is 1.78 bits per heavy atom. The van der Waals surface area contributed by atoms with E-state index in [0.717, 1.165) is 22.2 Å². The number of aromatic nitrogens is 1. The van der Waals surface area contributed by atoms with Crippen molar-refractivity contribution in [3.05, 3.63) is 77.5 Å². The zero-order valence-electron chi connectivity index (χ0n) is 14.9. The van der Waals surface area contributed by atoms with Gasteiger partial charge in [0.1, 0.15) is 5.75 Å². The Kier molecular flexibility index (Phi) is 4.42. The van der Waals surface area contributed by atoms with Crippen LogP contribution in [-0.2, 0) is 0 Å². The molecule has 0 bridgehead atoms. The highest BCUT2D eigenvalue weighted by Crippen LogP contribution is 2.24. The van der Waals surface area contributed by atoms with Gasteiger partial charge in [0, 0.05) is 24.2 Å². The summed E-state index contributed by atoms with van der Waals surface area (Å²) in [6.45, 7) is 0.361. The summed E-state index contributed by atoms with van der Waals surface area (Å²) < 4.78 is 5.24. The first-order chi connectivity index (χ1) is 13.2. The van der Waals surface area contributed by atoms with Crippen LogP contribution in [-0.4, -0.2) is 35.4 Å². The smallest absolute Gasteiger partial charge is 0.261 e. The molecule has 0 fully saturated rings. The Balaban J connectivity index is 1.47. The number of ether oxygens (including phenoxy) is 1. The van der Waals surface area contributed by atoms with Gasteiger partial charge in [-0.2, -0.15) is 0 Å². The first-order valence-corrected chi connectivity index (χ1v) is 8.73. The topological polar surface area (TPSA) is 59.5 Å². The second-order valence-electron chi connectivity index (χ2n) is 6.28. The minimum atomic E-state index is -0.217. The number of hydrogen-bond acceptors (Lipinski definition) is 4. The number of rotatable bonds is 5. The number of hydrogen-bond donors (Lipinski definition) is 0. The number of benzene rings is 2. The van der Waals surface area contributed by atoms with Gasteiger partial charge in [-0.25, -0.2) is 0 Å². The molecule has 0 spiro atoms. The molecule has 0 unspecified atom stereocenters. The van der Waals surface area contributed by atoms with Gasteiger partial charge < -0.3 is 4.74 Å².